The van der Waals surface area contributed by atoms with Gasteiger partial charge in [-0.2, -0.15) is 13.2 Å². The van der Waals surface area contributed by atoms with Crippen LogP contribution in [0, 0.1) is 0 Å². The van der Waals surface area contributed by atoms with Gasteiger partial charge in [0.2, 0.25) is 0 Å². The van der Waals surface area contributed by atoms with Crippen LogP contribution >= 0.6 is 24.0 Å². The lowest BCUT2D eigenvalue weighted by Crippen LogP contribution is -2.43. The molecule has 2 N–H and O–H groups in total. The molecule has 1 aromatic rings. The maximum absolute atomic E-state index is 12.6. The Morgan fingerprint density at radius 3 is 2.25 bits per heavy atom. The van der Waals surface area contributed by atoms with Crippen molar-refractivity contribution >= 4 is 29.9 Å². The van der Waals surface area contributed by atoms with Crippen LogP contribution in [0.15, 0.2) is 29.3 Å². The monoisotopic (exact) mass is 514 g/mol. The lowest BCUT2D eigenvalue weighted by molar-refractivity contribution is -0.137. The van der Waals surface area contributed by atoms with Gasteiger partial charge in [0.15, 0.2) is 5.96 Å². The van der Waals surface area contributed by atoms with Crippen LogP contribution in [0.1, 0.15) is 44.7 Å². The second-order valence-corrected chi connectivity index (χ2v) is 6.66. The van der Waals surface area contributed by atoms with Gasteiger partial charge >= 0.3 is 6.18 Å². The van der Waals surface area contributed by atoms with Crippen LogP contribution in [-0.2, 0) is 12.6 Å². The molecule has 0 heterocycles. The highest BCUT2D eigenvalue weighted by molar-refractivity contribution is 14.0. The summed E-state index contributed by atoms with van der Waals surface area (Å²) < 4.78 is 37.7. The SMILES string of the molecule is CCN(CC)CCCC(C)NC(=NC)NCCc1ccc(C(F)(F)F)cc1.I. The smallest absolute Gasteiger partial charge is 0.356 e. The molecule has 162 valence electrons. The Hall–Kier alpha value is -1.03. The second-order valence-electron chi connectivity index (χ2n) is 6.66. The number of nitrogens with one attached hydrogen (secondary N) is 2. The Morgan fingerprint density at radius 1 is 1.14 bits per heavy atom. The number of hydrogen-bond donors (Lipinski definition) is 2. The fraction of sp³-hybridized carbons (Fsp3) is 0.650. The summed E-state index contributed by atoms with van der Waals surface area (Å²) in [6.45, 7) is 10.3. The minimum absolute atomic E-state index is 0. The maximum atomic E-state index is 12.6. The molecule has 4 nitrogen and oxygen atoms in total. The molecular formula is C20H34F3IN4. The van der Waals surface area contributed by atoms with E-state index in [2.05, 4.69) is 41.3 Å². The molecule has 0 amide bonds. The van der Waals surface area contributed by atoms with Crippen LogP contribution in [0.3, 0.4) is 0 Å². The first-order valence-corrected chi connectivity index (χ1v) is 9.65. The Labute approximate surface area is 184 Å². The van der Waals surface area contributed by atoms with E-state index in [4.69, 9.17) is 0 Å². The minimum Gasteiger partial charge on any atom is -0.356 e. The third-order valence-electron chi connectivity index (χ3n) is 4.60. The van der Waals surface area contributed by atoms with Crippen LogP contribution in [0.2, 0.25) is 0 Å². The van der Waals surface area contributed by atoms with Gasteiger partial charge in [0, 0.05) is 19.6 Å². The highest BCUT2D eigenvalue weighted by Crippen LogP contribution is 2.29. The van der Waals surface area contributed by atoms with Crippen LogP contribution in [0.5, 0.6) is 0 Å². The summed E-state index contributed by atoms with van der Waals surface area (Å²) in [7, 11) is 1.72. The molecule has 0 aromatic heterocycles. The van der Waals surface area contributed by atoms with Gasteiger partial charge < -0.3 is 15.5 Å². The van der Waals surface area contributed by atoms with E-state index in [0.29, 0.717) is 19.0 Å². The topological polar surface area (TPSA) is 39.7 Å². The second kappa shape index (κ2) is 14.0. The van der Waals surface area contributed by atoms with Crippen molar-refractivity contribution in [1.29, 1.82) is 0 Å². The summed E-state index contributed by atoms with van der Waals surface area (Å²) in [4.78, 5) is 6.62. The minimum atomic E-state index is -4.29. The molecule has 0 aliphatic rings. The van der Waals surface area contributed by atoms with Crippen molar-refractivity contribution in [2.45, 2.75) is 52.3 Å². The molecule has 0 saturated heterocycles. The first kappa shape index (κ1) is 27.0. The van der Waals surface area contributed by atoms with Crippen molar-refractivity contribution in [3.05, 3.63) is 35.4 Å². The van der Waals surface area contributed by atoms with E-state index in [1.165, 1.54) is 12.1 Å². The van der Waals surface area contributed by atoms with Crippen LogP contribution in [-0.4, -0.2) is 50.1 Å². The van der Waals surface area contributed by atoms with E-state index in [-0.39, 0.29) is 24.0 Å². The van der Waals surface area contributed by atoms with Crippen LogP contribution in [0.4, 0.5) is 13.2 Å². The summed E-state index contributed by atoms with van der Waals surface area (Å²) >= 11 is 0. The predicted octanol–water partition coefficient (Wildman–Crippen LogP) is 4.54. The molecule has 1 atom stereocenters. The van der Waals surface area contributed by atoms with Gasteiger partial charge in [-0.25, -0.2) is 0 Å². The molecule has 0 aliphatic heterocycles. The summed E-state index contributed by atoms with van der Waals surface area (Å²) in [6, 6.07) is 5.60. The molecule has 0 saturated carbocycles. The number of aliphatic imine (C=N–C) groups is 1. The number of alkyl halides is 3. The van der Waals surface area contributed by atoms with Crippen LogP contribution < -0.4 is 10.6 Å². The molecule has 1 rings (SSSR count). The standard InChI is InChI=1S/C20H33F3N4.HI/c1-5-27(6-2)15-7-8-16(3)26-19(24-4)25-14-13-17-9-11-18(12-10-17)20(21,22)23;/h9-12,16H,5-8,13-15H2,1-4H3,(H2,24,25,26);1H. The first-order chi connectivity index (χ1) is 12.8. The van der Waals surface area contributed by atoms with Crippen molar-refractivity contribution in [1.82, 2.24) is 15.5 Å². The fourth-order valence-corrected chi connectivity index (χ4v) is 2.85. The zero-order valence-corrected chi connectivity index (χ0v) is 19.6. The highest BCUT2D eigenvalue weighted by Gasteiger charge is 2.29. The largest absolute Gasteiger partial charge is 0.416 e. The molecule has 8 heteroatoms. The number of nitrogens with zero attached hydrogens (tertiary/aromatic N) is 2. The zero-order valence-electron chi connectivity index (χ0n) is 17.3. The van der Waals surface area contributed by atoms with Crippen molar-refractivity contribution < 1.29 is 13.2 Å². The number of benzene rings is 1. The van der Waals surface area contributed by atoms with Gasteiger partial charge in [-0.1, -0.05) is 26.0 Å². The molecule has 1 aromatic carbocycles. The molecule has 0 fully saturated rings. The van der Waals surface area contributed by atoms with E-state index in [0.717, 1.165) is 56.1 Å². The Balaban J connectivity index is 0.00000729. The number of rotatable bonds is 10. The quantitative estimate of drug-likeness (QED) is 0.274. The highest BCUT2D eigenvalue weighted by atomic mass is 127. The van der Waals surface area contributed by atoms with Gasteiger partial charge in [-0.15, -0.1) is 24.0 Å². The average molecular weight is 514 g/mol. The molecule has 0 bridgehead atoms. The molecule has 0 spiro atoms. The number of hydrogen-bond acceptors (Lipinski definition) is 2. The average Bonchev–Trinajstić information content (AvgIpc) is 2.64. The third kappa shape index (κ3) is 10.5. The zero-order chi connectivity index (χ0) is 20.3. The van der Waals surface area contributed by atoms with E-state index < -0.39 is 11.7 Å². The predicted molar refractivity (Wildman–Crippen MR) is 122 cm³/mol. The normalized spacial score (nSPS) is 13.2. The van der Waals surface area contributed by atoms with Gasteiger partial charge in [0.1, 0.15) is 0 Å². The van der Waals surface area contributed by atoms with Gasteiger partial charge in [-0.3, -0.25) is 4.99 Å². The summed E-state index contributed by atoms with van der Waals surface area (Å²) in [5.74, 6) is 0.720. The first-order valence-electron chi connectivity index (χ1n) is 9.65. The summed E-state index contributed by atoms with van der Waals surface area (Å²) in [6.07, 6.45) is -1.48. The van der Waals surface area contributed by atoms with E-state index in [1.807, 2.05) is 0 Å². The molecule has 28 heavy (non-hydrogen) atoms. The molecule has 0 radical (unpaired) electrons. The van der Waals surface area contributed by atoms with Gasteiger partial charge in [-0.05, 0) is 63.5 Å². The van der Waals surface area contributed by atoms with Crippen molar-refractivity contribution in [3.63, 3.8) is 0 Å². The Morgan fingerprint density at radius 2 is 1.75 bits per heavy atom. The van der Waals surface area contributed by atoms with Crippen LogP contribution in [0.25, 0.3) is 0 Å². The van der Waals surface area contributed by atoms with Gasteiger partial charge in [0.05, 0.1) is 5.56 Å². The van der Waals surface area contributed by atoms with E-state index in [1.54, 1.807) is 7.05 Å². The van der Waals surface area contributed by atoms with E-state index in [9.17, 15) is 13.2 Å². The molecular weight excluding hydrogens is 480 g/mol. The Kier molecular flexibility index (Phi) is 13.5. The number of halogens is 4. The van der Waals surface area contributed by atoms with Gasteiger partial charge in [0.25, 0.3) is 0 Å². The Bertz CT molecular complexity index is 558. The third-order valence-corrected chi connectivity index (χ3v) is 4.60. The number of guanidine groups is 1. The summed E-state index contributed by atoms with van der Waals surface area (Å²) in [5.41, 5.74) is 0.244. The molecule has 0 aliphatic carbocycles. The van der Waals surface area contributed by atoms with E-state index >= 15 is 0 Å². The van der Waals surface area contributed by atoms with Crippen molar-refractivity contribution in [2.24, 2.45) is 4.99 Å². The maximum Gasteiger partial charge on any atom is 0.416 e. The summed E-state index contributed by atoms with van der Waals surface area (Å²) in [5, 5.41) is 6.58. The lowest BCUT2D eigenvalue weighted by atomic mass is 10.1. The molecule has 1 unspecified atom stereocenters. The fourth-order valence-electron chi connectivity index (χ4n) is 2.85. The lowest BCUT2D eigenvalue weighted by Gasteiger charge is -2.21. The van der Waals surface area contributed by atoms with Crippen molar-refractivity contribution in [2.75, 3.05) is 33.2 Å². The van der Waals surface area contributed by atoms with Crippen molar-refractivity contribution in [3.8, 4) is 0 Å².